The number of halogens is 2. The Balaban J connectivity index is 1.91. The van der Waals surface area contributed by atoms with Crippen LogP contribution in [0.3, 0.4) is 0 Å². The molecule has 0 bridgehead atoms. The van der Waals surface area contributed by atoms with E-state index in [1.165, 1.54) is 0 Å². The molecule has 3 nitrogen and oxygen atoms in total. The minimum absolute atomic E-state index is 0.356. The topological polar surface area (TPSA) is 27.1 Å². The Morgan fingerprint density at radius 3 is 2.76 bits per heavy atom. The van der Waals surface area contributed by atoms with Gasteiger partial charge >= 0.3 is 0 Å². The first kappa shape index (κ1) is 14.2. The lowest BCUT2D eigenvalue weighted by Gasteiger charge is -2.10. The van der Waals surface area contributed by atoms with Gasteiger partial charge < -0.3 is 4.74 Å². The van der Waals surface area contributed by atoms with Crippen LogP contribution >= 0.6 is 23.2 Å². The van der Waals surface area contributed by atoms with Gasteiger partial charge in [0.05, 0.1) is 16.4 Å². The van der Waals surface area contributed by atoms with Crippen LogP contribution in [0.1, 0.15) is 11.3 Å². The quantitative estimate of drug-likeness (QED) is 0.660. The summed E-state index contributed by atoms with van der Waals surface area (Å²) in [5.74, 6) is 0.989. The van der Waals surface area contributed by atoms with Gasteiger partial charge in [-0.25, -0.2) is 0 Å². The molecule has 0 aliphatic heterocycles. The van der Waals surface area contributed by atoms with E-state index in [4.69, 9.17) is 27.9 Å². The second-order valence-electron chi connectivity index (χ2n) is 4.74. The Kier molecular flexibility index (Phi) is 4.04. The highest BCUT2D eigenvalue weighted by Gasteiger charge is 2.12. The number of ether oxygens (including phenoxy) is 1. The molecule has 2 aromatic carbocycles. The number of fused-ring (bicyclic) bond motifs is 1. The summed E-state index contributed by atoms with van der Waals surface area (Å²) < 4.78 is 7.72. The third-order valence-electron chi connectivity index (χ3n) is 3.38. The Morgan fingerprint density at radius 2 is 1.95 bits per heavy atom. The molecule has 21 heavy (non-hydrogen) atoms. The number of hydrogen-bond donors (Lipinski definition) is 0. The molecule has 0 radical (unpaired) electrons. The maximum Gasteiger partial charge on any atom is 0.142 e. The van der Waals surface area contributed by atoms with E-state index in [0.29, 0.717) is 23.3 Å². The van der Waals surface area contributed by atoms with Crippen molar-refractivity contribution in [3.8, 4) is 5.75 Å². The van der Waals surface area contributed by atoms with Crippen molar-refractivity contribution in [2.75, 3.05) is 0 Å². The van der Waals surface area contributed by atoms with Crippen LogP contribution in [-0.4, -0.2) is 9.78 Å². The largest absolute Gasteiger partial charge is 0.485 e. The molecule has 3 rings (SSSR count). The number of aromatic nitrogens is 2. The second kappa shape index (κ2) is 5.96. The van der Waals surface area contributed by atoms with Crippen LogP contribution in [0.25, 0.3) is 10.9 Å². The average molecular weight is 321 g/mol. The van der Waals surface area contributed by atoms with Gasteiger partial charge in [-0.2, -0.15) is 5.10 Å². The molecule has 0 amide bonds. The van der Waals surface area contributed by atoms with Gasteiger partial charge in [-0.1, -0.05) is 41.9 Å². The van der Waals surface area contributed by atoms with Gasteiger partial charge in [0.2, 0.25) is 0 Å². The van der Waals surface area contributed by atoms with Crippen LogP contribution in [0.4, 0.5) is 0 Å². The van der Waals surface area contributed by atoms with Crippen molar-refractivity contribution in [1.29, 1.82) is 0 Å². The Morgan fingerprint density at radius 1 is 1.14 bits per heavy atom. The molecule has 5 heteroatoms. The fourth-order valence-corrected chi connectivity index (χ4v) is 2.82. The van der Waals surface area contributed by atoms with E-state index in [-0.39, 0.29) is 0 Å². The third-order valence-corrected chi connectivity index (χ3v) is 3.97. The zero-order valence-corrected chi connectivity index (χ0v) is 13.0. The molecule has 0 aliphatic rings. The van der Waals surface area contributed by atoms with E-state index in [9.17, 15) is 0 Å². The highest BCUT2D eigenvalue weighted by molar-refractivity contribution is 6.32. The first-order chi connectivity index (χ1) is 10.2. The summed E-state index contributed by atoms with van der Waals surface area (Å²) in [5.41, 5.74) is 2.84. The molecular formula is C16H14Cl2N2O. The lowest BCUT2D eigenvalue weighted by Crippen LogP contribution is -2.00. The molecule has 0 spiro atoms. The molecular weight excluding hydrogens is 307 g/mol. The first-order valence-electron chi connectivity index (χ1n) is 6.57. The zero-order chi connectivity index (χ0) is 14.8. The molecule has 0 saturated heterocycles. The predicted octanol–water partition coefficient (Wildman–Crippen LogP) is 4.54. The third kappa shape index (κ3) is 2.71. The lowest BCUT2D eigenvalue weighted by molar-refractivity contribution is 0.299. The minimum atomic E-state index is 0.356. The predicted molar refractivity (Wildman–Crippen MR) is 86.1 cm³/mol. The number of rotatable bonds is 4. The summed E-state index contributed by atoms with van der Waals surface area (Å²) in [6.07, 6.45) is 0. The molecule has 0 unspecified atom stereocenters. The number of benzene rings is 2. The smallest absolute Gasteiger partial charge is 0.142 e. The van der Waals surface area contributed by atoms with Crippen LogP contribution in [-0.2, 0) is 19.5 Å². The normalized spacial score (nSPS) is 11.0. The monoisotopic (exact) mass is 320 g/mol. The maximum atomic E-state index is 6.19. The number of alkyl halides is 1. The van der Waals surface area contributed by atoms with Gasteiger partial charge in [-0.3, -0.25) is 4.68 Å². The van der Waals surface area contributed by atoms with E-state index in [1.807, 2.05) is 48.1 Å². The number of aryl methyl sites for hydroxylation is 1. The van der Waals surface area contributed by atoms with Gasteiger partial charge in [0, 0.05) is 18.0 Å². The van der Waals surface area contributed by atoms with Crippen LogP contribution in [0.2, 0.25) is 5.02 Å². The molecule has 0 fully saturated rings. The summed E-state index contributed by atoms with van der Waals surface area (Å²) in [6.45, 7) is 0.356. The molecule has 1 aromatic heterocycles. The molecule has 0 atom stereocenters. The van der Waals surface area contributed by atoms with E-state index < -0.39 is 0 Å². The average Bonchev–Trinajstić information content (AvgIpc) is 2.83. The van der Waals surface area contributed by atoms with Gasteiger partial charge in [0.1, 0.15) is 18.1 Å². The first-order valence-corrected chi connectivity index (χ1v) is 7.48. The van der Waals surface area contributed by atoms with Gasteiger partial charge in [0.15, 0.2) is 0 Å². The standard InChI is InChI=1S/C16H14Cl2N2O/c1-20-15-8-3-2-6-12(15)14(19-20)10-21-16-11(9-17)5-4-7-13(16)18/h2-8H,9-10H2,1H3. The van der Waals surface area contributed by atoms with Crippen molar-refractivity contribution in [3.05, 3.63) is 58.7 Å². The Hall–Kier alpha value is -1.71. The van der Waals surface area contributed by atoms with Crippen molar-refractivity contribution in [2.45, 2.75) is 12.5 Å². The molecule has 0 saturated carbocycles. The summed E-state index contributed by atoms with van der Waals surface area (Å²) >= 11 is 12.1. The van der Waals surface area contributed by atoms with Crippen molar-refractivity contribution in [2.24, 2.45) is 7.05 Å². The fraction of sp³-hybridized carbons (Fsp3) is 0.188. The fourth-order valence-electron chi connectivity index (χ4n) is 2.36. The number of para-hydroxylation sites is 2. The highest BCUT2D eigenvalue weighted by atomic mass is 35.5. The van der Waals surface area contributed by atoms with E-state index in [2.05, 4.69) is 5.10 Å². The Bertz CT molecular complexity index is 783. The maximum absolute atomic E-state index is 6.19. The molecule has 3 aromatic rings. The Labute approximate surface area is 133 Å². The van der Waals surface area contributed by atoms with Crippen LogP contribution in [0.15, 0.2) is 42.5 Å². The minimum Gasteiger partial charge on any atom is -0.485 e. The second-order valence-corrected chi connectivity index (χ2v) is 5.41. The van der Waals surface area contributed by atoms with Gasteiger partial charge in [-0.05, 0) is 12.1 Å². The van der Waals surface area contributed by atoms with Crippen molar-refractivity contribution >= 4 is 34.1 Å². The summed E-state index contributed by atoms with van der Waals surface area (Å²) in [5, 5.41) is 6.15. The summed E-state index contributed by atoms with van der Waals surface area (Å²) in [7, 11) is 1.92. The van der Waals surface area contributed by atoms with Crippen molar-refractivity contribution in [1.82, 2.24) is 9.78 Å². The molecule has 0 N–H and O–H groups in total. The van der Waals surface area contributed by atoms with E-state index >= 15 is 0 Å². The lowest BCUT2D eigenvalue weighted by atomic mass is 10.2. The molecule has 108 valence electrons. The summed E-state index contributed by atoms with van der Waals surface area (Å²) in [6, 6.07) is 13.6. The molecule has 1 heterocycles. The number of nitrogens with zero attached hydrogens (tertiary/aromatic N) is 2. The summed E-state index contributed by atoms with van der Waals surface area (Å²) in [4.78, 5) is 0. The highest BCUT2D eigenvalue weighted by Crippen LogP contribution is 2.31. The van der Waals surface area contributed by atoms with Crippen LogP contribution in [0.5, 0.6) is 5.75 Å². The number of hydrogen-bond acceptors (Lipinski definition) is 2. The van der Waals surface area contributed by atoms with Crippen LogP contribution in [0, 0.1) is 0 Å². The molecule has 0 aliphatic carbocycles. The van der Waals surface area contributed by atoms with E-state index in [1.54, 1.807) is 6.07 Å². The van der Waals surface area contributed by atoms with E-state index in [0.717, 1.165) is 22.2 Å². The van der Waals surface area contributed by atoms with Crippen LogP contribution < -0.4 is 4.74 Å². The van der Waals surface area contributed by atoms with Gasteiger partial charge in [0.25, 0.3) is 0 Å². The SMILES string of the molecule is Cn1nc(COc2c(Cl)cccc2CCl)c2ccccc21. The van der Waals surface area contributed by atoms with Crippen molar-refractivity contribution in [3.63, 3.8) is 0 Å². The van der Waals surface area contributed by atoms with Crippen molar-refractivity contribution < 1.29 is 4.74 Å². The zero-order valence-electron chi connectivity index (χ0n) is 11.5. The van der Waals surface area contributed by atoms with Gasteiger partial charge in [-0.15, -0.1) is 11.6 Å².